The third kappa shape index (κ3) is 3.23. The van der Waals surface area contributed by atoms with Gasteiger partial charge in [0.05, 0.1) is 31.1 Å². The molecule has 3 aliphatic rings. The molecule has 0 aromatic rings. The van der Waals surface area contributed by atoms with E-state index >= 15 is 0 Å². The van der Waals surface area contributed by atoms with Crippen LogP contribution in [0.2, 0.25) is 0 Å². The summed E-state index contributed by atoms with van der Waals surface area (Å²) in [5, 5.41) is 4.44. The quantitative estimate of drug-likeness (QED) is 0.816. The Balaban J connectivity index is 1.45. The van der Waals surface area contributed by atoms with Gasteiger partial charge in [-0.3, -0.25) is 9.79 Å². The first kappa shape index (κ1) is 13.2. The number of rotatable bonds is 2. The van der Waals surface area contributed by atoms with Crippen molar-refractivity contribution in [2.24, 2.45) is 4.99 Å². The lowest BCUT2D eigenvalue weighted by Crippen LogP contribution is -2.42. The van der Waals surface area contributed by atoms with E-state index in [-0.39, 0.29) is 5.91 Å². The molecule has 1 aliphatic carbocycles. The maximum atomic E-state index is 12.0. The Hall–Kier alpha value is -0.750. The fourth-order valence-corrected chi connectivity index (χ4v) is 3.78. The number of hydrogen-bond donors (Lipinski definition) is 1. The molecule has 0 unspecified atom stereocenters. The number of hydrogen-bond acceptors (Lipinski definition) is 5. The van der Waals surface area contributed by atoms with Gasteiger partial charge in [-0.05, 0) is 12.8 Å². The predicted molar refractivity (Wildman–Crippen MR) is 76.5 cm³/mol. The summed E-state index contributed by atoms with van der Waals surface area (Å²) >= 11 is 1.56. The Bertz CT molecular complexity index is 369. The Morgan fingerprint density at radius 1 is 1.37 bits per heavy atom. The van der Waals surface area contributed by atoms with Gasteiger partial charge in [0, 0.05) is 13.1 Å². The molecule has 2 atom stereocenters. The van der Waals surface area contributed by atoms with Crippen molar-refractivity contribution >= 4 is 22.8 Å². The number of amidine groups is 1. The second-order valence-electron chi connectivity index (χ2n) is 5.32. The normalized spacial score (nSPS) is 30.5. The molecule has 2 fully saturated rings. The summed E-state index contributed by atoms with van der Waals surface area (Å²) in [6.07, 6.45) is 5.00. The number of nitrogens with one attached hydrogen (secondary N) is 1. The lowest BCUT2D eigenvalue weighted by molar-refractivity contribution is -0.132. The first-order valence-electron chi connectivity index (χ1n) is 7.15. The van der Waals surface area contributed by atoms with Crippen LogP contribution >= 0.6 is 11.8 Å². The van der Waals surface area contributed by atoms with E-state index in [4.69, 9.17) is 9.73 Å². The zero-order valence-electron chi connectivity index (χ0n) is 11.1. The molecule has 0 bridgehead atoms. The number of morpholine rings is 1. The van der Waals surface area contributed by atoms with Crippen LogP contribution in [-0.2, 0) is 9.53 Å². The van der Waals surface area contributed by atoms with Gasteiger partial charge in [-0.25, -0.2) is 0 Å². The van der Waals surface area contributed by atoms with Crippen molar-refractivity contribution in [2.75, 3.05) is 32.1 Å². The molecule has 2 aliphatic heterocycles. The zero-order chi connectivity index (χ0) is 13.1. The summed E-state index contributed by atoms with van der Waals surface area (Å²) < 4.78 is 5.26. The van der Waals surface area contributed by atoms with E-state index in [1.807, 2.05) is 4.90 Å². The molecule has 0 aromatic heterocycles. The van der Waals surface area contributed by atoms with Gasteiger partial charge in [-0.15, -0.1) is 0 Å². The third-order valence-electron chi connectivity index (χ3n) is 4.02. The van der Waals surface area contributed by atoms with Crippen molar-refractivity contribution < 1.29 is 9.53 Å². The molecule has 1 saturated heterocycles. The molecule has 1 N–H and O–H groups in total. The van der Waals surface area contributed by atoms with Gasteiger partial charge in [0.15, 0.2) is 5.17 Å². The van der Waals surface area contributed by atoms with Crippen molar-refractivity contribution in [3.63, 3.8) is 0 Å². The average molecular weight is 283 g/mol. The lowest BCUT2D eigenvalue weighted by atomic mass is 9.92. The zero-order valence-corrected chi connectivity index (χ0v) is 12.0. The molecule has 0 radical (unpaired) electrons. The topological polar surface area (TPSA) is 53.9 Å². The van der Waals surface area contributed by atoms with Crippen molar-refractivity contribution in [1.82, 2.24) is 10.2 Å². The molecule has 0 spiro atoms. The highest BCUT2D eigenvalue weighted by atomic mass is 32.2. The molecular weight excluding hydrogens is 262 g/mol. The number of carbonyl (C=O) groups is 1. The smallest absolute Gasteiger partial charge is 0.233 e. The van der Waals surface area contributed by atoms with Gasteiger partial charge in [-0.2, -0.15) is 0 Å². The number of thioether (sulfide) groups is 1. The molecule has 1 saturated carbocycles. The van der Waals surface area contributed by atoms with E-state index in [0.29, 0.717) is 31.1 Å². The molecule has 106 valence electrons. The van der Waals surface area contributed by atoms with Crippen molar-refractivity contribution in [3.8, 4) is 0 Å². The number of nitrogens with zero attached hydrogens (tertiary/aromatic N) is 2. The maximum absolute atomic E-state index is 12.0. The van der Waals surface area contributed by atoms with Crippen molar-refractivity contribution in [2.45, 2.75) is 37.8 Å². The third-order valence-corrected chi connectivity index (χ3v) is 4.91. The summed E-state index contributed by atoms with van der Waals surface area (Å²) in [7, 11) is 0. The number of fused-ring (bicyclic) bond motifs is 1. The molecule has 5 nitrogen and oxygen atoms in total. The molecule has 19 heavy (non-hydrogen) atoms. The van der Waals surface area contributed by atoms with E-state index in [0.717, 1.165) is 18.3 Å². The number of carbonyl (C=O) groups excluding carboxylic acids is 1. The van der Waals surface area contributed by atoms with Crippen LogP contribution in [0.5, 0.6) is 0 Å². The van der Waals surface area contributed by atoms with Crippen LogP contribution < -0.4 is 5.32 Å². The van der Waals surface area contributed by atoms with Gasteiger partial charge < -0.3 is 15.0 Å². The van der Waals surface area contributed by atoms with E-state index < -0.39 is 0 Å². The highest BCUT2D eigenvalue weighted by Crippen LogP contribution is 2.27. The van der Waals surface area contributed by atoms with Gasteiger partial charge in [0.1, 0.15) is 0 Å². The van der Waals surface area contributed by atoms with Crippen molar-refractivity contribution in [3.05, 3.63) is 0 Å². The summed E-state index contributed by atoms with van der Waals surface area (Å²) in [5.74, 6) is 0.693. The predicted octanol–water partition coefficient (Wildman–Crippen LogP) is 0.849. The fourth-order valence-electron chi connectivity index (χ4n) is 2.89. The average Bonchev–Trinajstić information content (AvgIpc) is 2.88. The molecule has 0 aromatic carbocycles. The summed E-state index contributed by atoms with van der Waals surface area (Å²) in [5.41, 5.74) is 0. The Morgan fingerprint density at radius 3 is 2.95 bits per heavy atom. The highest BCUT2D eigenvalue weighted by Gasteiger charge is 2.31. The second-order valence-corrected chi connectivity index (χ2v) is 6.28. The summed E-state index contributed by atoms with van der Waals surface area (Å²) in [6, 6.07) is 0.976. The van der Waals surface area contributed by atoms with E-state index in [1.54, 1.807) is 11.8 Å². The Morgan fingerprint density at radius 2 is 2.16 bits per heavy atom. The number of amides is 1. The highest BCUT2D eigenvalue weighted by molar-refractivity contribution is 8.14. The molecular formula is C13H21N3O2S. The first-order valence-corrected chi connectivity index (χ1v) is 8.14. The minimum Gasteiger partial charge on any atom is -0.378 e. The largest absolute Gasteiger partial charge is 0.378 e. The monoisotopic (exact) mass is 283 g/mol. The molecule has 6 heteroatoms. The van der Waals surface area contributed by atoms with E-state index in [1.165, 1.54) is 25.7 Å². The van der Waals surface area contributed by atoms with Gasteiger partial charge in [0.2, 0.25) is 5.91 Å². The number of aliphatic imine (C=N–C) groups is 1. The van der Waals surface area contributed by atoms with Crippen LogP contribution in [0.1, 0.15) is 25.7 Å². The summed E-state index contributed by atoms with van der Waals surface area (Å²) in [6.45, 7) is 2.79. The second kappa shape index (κ2) is 6.13. The van der Waals surface area contributed by atoms with Crippen LogP contribution in [0.3, 0.4) is 0 Å². The molecule has 1 amide bonds. The maximum Gasteiger partial charge on any atom is 0.233 e. The summed E-state index contributed by atoms with van der Waals surface area (Å²) in [4.78, 5) is 18.6. The van der Waals surface area contributed by atoms with Crippen LogP contribution in [0.15, 0.2) is 4.99 Å². The minimum atomic E-state index is 0.202. The SMILES string of the molecule is O=C(CSC1=N[C@@H]2CCCC[C@@H]2N1)N1CCOCC1. The Labute approximate surface area is 118 Å². The number of ether oxygens (including phenoxy) is 1. The fraction of sp³-hybridized carbons (Fsp3) is 0.846. The molecule has 3 rings (SSSR count). The van der Waals surface area contributed by atoms with Crippen LogP contribution in [0, 0.1) is 0 Å². The lowest BCUT2D eigenvalue weighted by Gasteiger charge is -2.26. The Kier molecular flexibility index (Phi) is 4.28. The first-order chi connectivity index (χ1) is 9.33. The van der Waals surface area contributed by atoms with E-state index in [9.17, 15) is 4.79 Å². The van der Waals surface area contributed by atoms with Crippen LogP contribution in [0.25, 0.3) is 0 Å². The van der Waals surface area contributed by atoms with Gasteiger partial charge in [0.25, 0.3) is 0 Å². The van der Waals surface area contributed by atoms with Gasteiger partial charge >= 0.3 is 0 Å². The van der Waals surface area contributed by atoms with Gasteiger partial charge in [-0.1, -0.05) is 24.6 Å². The van der Waals surface area contributed by atoms with Crippen LogP contribution in [-0.4, -0.2) is 60.1 Å². The van der Waals surface area contributed by atoms with Crippen LogP contribution in [0.4, 0.5) is 0 Å². The van der Waals surface area contributed by atoms with E-state index in [2.05, 4.69) is 5.32 Å². The minimum absolute atomic E-state index is 0.202. The molecule has 2 heterocycles. The standard InChI is InChI=1S/C13H21N3O2S/c17-12(16-5-7-18-8-6-16)9-19-13-14-10-3-1-2-4-11(10)15-13/h10-11H,1-9H2,(H,14,15)/t10-,11+. The van der Waals surface area contributed by atoms with Crippen molar-refractivity contribution in [1.29, 1.82) is 0 Å².